The zero-order valence-corrected chi connectivity index (χ0v) is 22.7. The van der Waals surface area contributed by atoms with E-state index in [1.54, 1.807) is 18.0 Å². The minimum atomic E-state index is -5.45. The minimum absolute atomic E-state index is 0.0355. The molecule has 0 aliphatic carbocycles. The first-order chi connectivity index (χ1) is 18.3. The smallest absolute Gasteiger partial charge is 0.342 e. The third-order valence-corrected chi connectivity index (χ3v) is 9.74. The number of hydrogen-bond acceptors (Lipinski definition) is 8. The molecule has 0 amide bonds. The van der Waals surface area contributed by atoms with E-state index in [2.05, 4.69) is 0 Å². The maximum atomic E-state index is 14.2. The average Bonchev–Trinajstić information content (AvgIpc) is 3.51. The lowest BCUT2D eigenvalue weighted by molar-refractivity contribution is -0.266. The van der Waals surface area contributed by atoms with Crippen molar-refractivity contribution in [2.24, 2.45) is 0 Å². The van der Waals surface area contributed by atoms with Gasteiger partial charge in [-0.2, -0.15) is 13.2 Å². The van der Waals surface area contributed by atoms with Crippen LogP contribution in [0.3, 0.4) is 0 Å². The van der Waals surface area contributed by atoms with Crippen LogP contribution in [0, 0.1) is 11.6 Å². The molecule has 39 heavy (non-hydrogen) atoms. The predicted octanol–water partition coefficient (Wildman–Crippen LogP) is 3.47. The SMILES string of the molecule is CN1CSC[C@@]1(N(C)C1CCN(Cc2cc(F)ccc2F)C1)N(OC(=O)C(F)(F)F)S(=O)(=O)c1ccccc1. The van der Waals surface area contributed by atoms with E-state index in [9.17, 15) is 35.2 Å². The van der Waals surface area contributed by atoms with Gasteiger partial charge in [-0.1, -0.05) is 18.2 Å². The van der Waals surface area contributed by atoms with E-state index in [1.807, 2.05) is 4.90 Å². The third kappa shape index (κ3) is 5.93. The maximum absolute atomic E-state index is 14.2. The summed E-state index contributed by atoms with van der Waals surface area (Å²) in [6.45, 7) is 0.797. The van der Waals surface area contributed by atoms with Crippen molar-refractivity contribution in [3.05, 3.63) is 65.7 Å². The van der Waals surface area contributed by atoms with Gasteiger partial charge in [0.15, 0.2) is 5.79 Å². The van der Waals surface area contributed by atoms with Crippen LogP contribution in [-0.2, 0) is 26.2 Å². The highest BCUT2D eigenvalue weighted by Crippen LogP contribution is 2.41. The Kier molecular flexibility index (Phi) is 8.59. The molecule has 0 spiro atoms. The fourth-order valence-corrected chi connectivity index (χ4v) is 7.87. The van der Waals surface area contributed by atoms with Crippen molar-refractivity contribution in [1.29, 1.82) is 0 Å². The van der Waals surface area contributed by atoms with Crippen molar-refractivity contribution < 1.29 is 40.0 Å². The van der Waals surface area contributed by atoms with Crippen molar-refractivity contribution in [2.45, 2.75) is 35.9 Å². The molecule has 0 aromatic heterocycles. The van der Waals surface area contributed by atoms with Crippen LogP contribution in [0.1, 0.15) is 12.0 Å². The fraction of sp³-hybridized carbons (Fsp3) is 0.458. The van der Waals surface area contributed by atoms with Gasteiger partial charge in [0.1, 0.15) is 11.6 Å². The monoisotopic (exact) mass is 594 g/mol. The highest BCUT2D eigenvalue weighted by atomic mass is 32.2. The lowest BCUT2D eigenvalue weighted by atomic mass is 10.2. The second-order valence-corrected chi connectivity index (χ2v) is 12.1. The molecule has 0 N–H and O–H groups in total. The molecule has 1 unspecified atom stereocenters. The summed E-state index contributed by atoms with van der Waals surface area (Å²) in [5.41, 5.74) is 0.147. The number of likely N-dealkylation sites (N-methyl/N-ethyl adjacent to an activating group) is 1. The Morgan fingerprint density at radius 3 is 2.49 bits per heavy atom. The first-order valence-electron chi connectivity index (χ1n) is 11.8. The topological polar surface area (TPSA) is 73.4 Å². The molecule has 0 bridgehead atoms. The van der Waals surface area contributed by atoms with E-state index in [1.165, 1.54) is 48.0 Å². The first kappa shape index (κ1) is 29.7. The van der Waals surface area contributed by atoms with Gasteiger partial charge < -0.3 is 4.84 Å². The number of sulfonamides is 1. The summed E-state index contributed by atoms with van der Waals surface area (Å²) in [5.74, 6) is -5.45. The van der Waals surface area contributed by atoms with Crippen LogP contribution in [0.25, 0.3) is 0 Å². The summed E-state index contributed by atoms with van der Waals surface area (Å²) in [6, 6.07) is 9.46. The molecule has 15 heteroatoms. The molecule has 2 aromatic carbocycles. The Bertz CT molecular complexity index is 1300. The van der Waals surface area contributed by atoms with E-state index in [4.69, 9.17) is 4.84 Å². The summed E-state index contributed by atoms with van der Waals surface area (Å²) < 4.78 is 95.6. The van der Waals surface area contributed by atoms with Crippen LogP contribution in [0.2, 0.25) is 0 Å². The van der Waals surface area contributed by atoms with E-state index in [0.717, 1.165) is 18.2 Å². The van der Waals surface area contributed by atoms with Crippen molar-refractivity contribution in [3.8, 4) is 0 Å². The molecule has 4 rings (SSSR count). The van der Waals surface area contributed by atoms with E-state index in [0.29, 0.717) is 13.0 Å². The Hall–Kier alpha value is -2.30. The fourth-order valence-electron chi connectivity index (χ4n) is 4.82. The standard InChI is InChI=1S/C24H27F5N4O4S2/c1-30-16-38-15-23(30,31(2)19-10-11-32(14-19)13-17-12-18(25)8-9-21(17)26)33(37-22(34)24(27,28)29)39(35,36)20-6-4-3-5-7-20/h3-9,12,19H,10-11,13-16H2,1-2H3/t19?,23-/m1/s1. The second-order valence-electron chi connectivity index (χ2n) is 9.40. The maximum Gasteiger partial charge on any atom is 0.492 e. The number of carbonyl (C=O) groups excluding carboxylic acids is 1. The van der Waals surface area contributed by atoms with E-state index < -0.39 is 45.6 Å². The van der Waals surface area contributed by atoms with Gasteiger partial charge in [-0.15, -0.1) is 11.8 Å². The normalized spacial score (nSPS) is 23.2. The second kappa shape index (κ2) is 11.3. The van der Waals surface area contributed by atoms with Gasteiger partial charge in [0.25, 0.3) is 10.0 Å². The average molecular weight is 595 g/mol. The summed E-state index contributed by atoms with van der Waals surface area (Å²) in [5, 5.41) is 0. The number of carbonyl (C=O) groups is 1. The van der Waals surface area contributed by atoms with E-state index >= 15 is 0 Å². The molecular weight excluding hydrogens is 567 g/mol. The molecule has 0 saturated carbocycles. The number of thioether (sulfide) groups is 1. The Morgan fingerprint density at radius 1 is 1.18 bits per heavy atom. The highest BCUT2D eigenvalue weighted by Gasteiger charge is 2.59. The van der Waals surface area contributed by atoms with Crippen LogP contribution in [0.5, 0.6) is 0 Å². The number of halogens is 5. The molecule has 2 aliphatic heterocycles. The zero-order valence-electron chi connectivity index (χ0n) is 21.1. The van der Waals surface area contributed by atoms with Crippen LogP contribution >= 0.6 is 11.8 Å². The molecule has 2 atom stereocenters. The summed E-state index contributed by atoms with van der Waals surface area (Å²) in [7, 11) is -1.71. The summed E-state index contributed by atoms with van der Waals surface area (Å²) in [4.78, 5) is 21.3. The van der Waals surface area contributed by atoms with Gasteiger partial charge in [0.2, 0.25) is 0 Å². The Labute approximate surface area is 227 Å². The van der Waals surface area contributed by atoms with Crippen LogP contribution in [0.15, 0.2) is 53.4 Å². The molecule has 214 valence electrons. The lowest BCUT2D eigenvalue weighted by Gasteiger charge is -2.49. The number of hydroxylamine groups is 1. The van der Waals surface area contributed by atoms with Crippen LogP contribution < -0.4 is 0 Å². The number of alkyl halides is 3. The highest BCUT2D eigenvalue weighted by molar-refractivity contribution is 7.99. The molecule has 2 heterocycles. The Balaban J connectivity index is 1.69. The third-order valence-electron chi connectivity index (χ3n) is 6.90. The molecular formula is C24H27F5N4O4S2. The van der Waals surface area contributed by atoms with Crippen molar-refractivity contribution in [1.82, 2.24) is 19.2 Å². The van der Waals surface area contributed by atoms with Crippen LogP contribution in [-0.4, -0.2) is 90.4 Å². The van der Waals surface area contributed by atoms with Gasteiger partial charge in [-0.05, 0) is 50.8 Å². The molecule has 2 saturated heterocycles. The van der Waals surface area contributed by atoms with Gasteiger partial charge >= 0.3 is 12.1 Å². The molecule has 2 aliphatic rings. The van der Waals surface area contributed by atoms with Crippen molar-refractivity contribution in [3.63, 3.8) is 0 Å². The molecule has 0 radical (unpaired) electrons. The first-order valence-corrected chi connectivity index (χ1v) is 14.4. The predicted molar refractivity (Wildman–Crippen MR) is 133 cm³/mol. The Morgan fingerprint density at radius 2 is 1.87 bits per heavy atom. The van der Waals surface area contributed by atoms with Crippen molar-refractivity contribution >= 4 is 27.8 Å². The van der Waals surface area contributed by atoms with Gasteiger partial charge in [-0.25, -0.2) is 22.0 Å². The zero-order chi connectivity index (χ0) is 28.6. The van der Waals surface area contributed by atoms with Crippen molar-refractivity contribution in [2.75, 3.05) is 38.8 Å². The van der Waals surface area contributed by atoms with Gasteiger partial charge in [0.05, 0.1) is 4.90 Å². The minimum Gasteiger partial charge on any atom is -0.342 e. The number of hydrogen-bond donors (Lipinski definition) is 0. The number of benzene rings is 2. The van der Waals surface area contributed by atoms with Gasteiger partial charge in [-0.3, -0.25) is 14.7 Å². The number of likely N-dealkylation sites (tertiary alicyclic amines) is 1. The lowest BCUT2D eigenvalue weighted by Crippen LogP contribution is -2.71. The molecule has 2 fully saturated rings. The number of nitrogens with zero attached hydrogens (tertiary/aromatic N) is 4. The molecule has 8 nitrogen and oxygen atoms in total. The summed E-state index contributed by atoms with van der Waals surface area (Å²) >= 11 is 1.26. The quantitative estimate of drug-likeness (QED) is 0.262. The van der Waals surface area contributed by atoms with E-state index in [-0.39, 0.29) is 39.6 Å². The van der Waals surface area contributed by atoms with Gasteiger partial charge in [0, 0.05) is 47.3 Å². The summed E-state index contributed by atoms with van der Waals surface area (Å²) in [6.07, 6.45) is -5.01. The number of rotatable bonds is 8. The van der Waals surface area contributed by atoms with Crippen LogP contribution in [0.4, 0.5) is 22.0 Å². The largest absolute Gasteiger partial charge is 0.492 e. The molecule has 2 aromatic rings.